The van der Waals surface area contributed by atoms with E-state index in [-0.39, 0.29) is 32.6 Å². The van der Waals surface area contributed by atoms with E-state index < -0.39 is 32.5 Å². The highest BCUT2D eigenvalue weighted by atomic mass is 31.2. The molecule has 0 rings (SSSR count). The number of hydrogen-bond acceptors (Lipinski definition) is 8. The topological polar surface area (TPSA) is 134 Å². The Labute approximate surface area is 545 Å². The number of phosphoric ester groups is 1. The van der Waals surface area contributed by atoms with Crippen LogP contribution in [0.4, 0.5) is 0 Å². The second-order valence-corrected chi connectivity index (χ2v) is 24.1. The summed E-state index contributed by atoms with van der Waals surface area (Å²) in [5, 5.41) is 0. The van der Waals surface area contributed by atoms with E-state index in [1.165, 1.54) is 96.3 Å². The lowest BCUT2D eigenvalue weighted by atomic mass is 10.0. The van der Waals surface area contributed by atoms with Crippen LogP contribution in [0.15, 0.2) is 182 Å². The first-order valence-electron chi connectivity index (χ1n) is 35.3. The molecule has 0 bridgehead atoms. The highest BCUT2D eigenvalue weighted by Crippen LogP contribution is 2.43. The summed E-state index contributed by atoms with van der Waals surface area (Å²) in [4.78, 5) is 35.3. The van der Waals surface area contributed by atoms with Crippen molar-refractivity contribution in [2.75, 3.05) is 26.4 Å². The molecule has 0 saturated heterocycles. The van der Waals surface area contributed by atoms with Crippen LogP contribution in [0.25, 0.3) is 0 Å². The van der Waals surface area contributed by atoms with Crippen LogP contribution in [-0.2, 0) is 32.7 Å². The van der Waals surface area contributed by atoms with Crippen molar-refractivity contribution >= 4 is 19.8 Å². The number of hydrogen-bond donors (Lipinski definition) is 2. The SMILES string of the molecule is CC/C=C\C/C=C\C/C=C\C/C=C\C/C=C\C/C=C\C/C=C\C/C=C\C/C=C\C/C=C\C/C=C\C/C=C\CCCCCCC(=O)OC(COC(=O)CCCCCCCCCCCCCC/C=C\C/C=C\C/C=C\CCCCCCC)COP(=O)(O)OCCN. The fourth-order valence-corrected chi connectivity index (χ4v) is 9.86. The van der Waals surface area contributed by atoms with E-state index in [0.29, 0.717) is 6.42 Å². The molecular formula is C79H128NO8P. The molecule has 0 heterocycles. The van der Waals surface area contributed by atoms with E-state index in [2.05, 4.69) is 196 Å². The summed E-state index contributed by atoms with van der Waals surface area (Å²) < 4.78 is 33.1. The van der Waals surface area contributed by atoms with Crippen LogP contribution in [0.5, 0.6) is 0 Å². The molecule has 0 saturated carbocycles. The lowest BCUT2D eigenvalue weighted by molar-refractivity contribution is -0.161. The molecular weight excluding hydrogens is 1120 g/mol. The summed E-state index contributed by atoms with van der Waals surface area (Å²) in [7, 11) is -4.41. The van der Waals surface area contributed by atoms with Gasteiger partial charge in [-0.25, -0.2) is 4.57 Å². The largest absolute Gasteiger partial charge is 0.472 e. The molecule has 3 N–H and O–H groups in total. The van der Waals surface area contributed by atoms with Crippen LogP contribution in [0.3, 0.4) is 0 Å². The van der Waals surface area contributed by atoms with E-state index in [1.54, 1.807) is 0 Å². The molecule has 0 aliphatic carbocycles. The van der Waals surface area contributed by atoms with Gasteiger partial charge in [-0.3, -0.25) is 18.6 Å². The lowest BCUT2D eigenvalue weighted by Gasteiger charge is -2.19. The Hall–Kier alpha value is -4.89. The van der Waals surface area contributed by atoms with E-state index in [9.17, 15) is 19.0 Å². The molecule has 0 radical (unpaired) electrons. The molecule has 0 aromatic carbocycles. The molecule has 0 aromatic heterocycles. The third kappa shape index (κ3) is 72.1. The summed E-state index contributed by atoms with van der Waals surface area (Å²) in [5.41, 5.74) is 5.40. The highest BCUT2D eigenvalue weighted by Gasteiger charge is 2.26. The normalized spacial score (nSPS) is 14.1. The molecule has 2 atom stereocenters. The Morgan fingerprint density at radius 2 is 0.618 bits per heavy atom. The van der Waals surface area contributed by atoms with Gasteiger partial charge in [-0.2, -0.15) is 0 Å². The molecule has 0 fully saturated rings. The van der Waals surface area contributed by atoms with Gasteiger partial charge in [0, 0.05) is 19.4 Å². The predicted octanol–water partition coefficient (Wildman–Crippen LogP) is 23.5. The highest BCUT2D eigenvalue weighted by molar-refractivity contribution is 7.47. The number of nitrogens with two attached hydrogens (primary N) is 1. The maximum atomic E-state index is 12.8. The third-order valence-corrected chi connectivity index (χ3v) is 15.3. The number of carbonyl (C=O) groups is 2. The van der Waals surface area contributed by atoms with Gasteiger partial charge >= 0.3 is 19.8 Å². The monoisotopic (exact) mass is 1250 g/mol. The van der Waals surface area contributed by atoms with Crippen molar-refractivity contribution < 1.29 is 37.6 Å². The van der Waals surface area contributed by atoms with Gasteiger partial charge < -0.3 is 20.1 Å². The molecule has 0 aromatic rings. The van der Waals surface area contributed by atoms with Gasteiger partial charge in [-0.1, -0.05) is 299 Å². The first-order chi connectivity index (χ1) is 43.8. The van der Waals surface area contributed by atoms with E-state index >= 15 is 0 Å². The van der Waals surface area contributed by atoms with Crippen molar-refractivity contribution in [2.24, 2.45) is 5.73 Å². The summed E-state index contributed by atoms with van der Waals surface area (Å²) in [5.74, 6) is -0.868. The van der Waals surface area contributed by atoms with Crippen LogP contribution < -0.4 is 5.73 Å². The first kappa shape index (κ1) is 84.1. The van der Waals surface area contributed by atoms with Crippen LogP contribution in [-0.4, -0.2) is 49.3 Å². The lowest BCUT2D eigenvalue weighted by Crippen LogP contribution is -2.29. The predicted molar refractivity (Wildman–Crippen MR) is 385 cm³/mol. The van der Waals surface area contributed by atoms with Gasteiger partial charge in [0.2, 0.25) is 0 Å². The minimum absolute atomic E-state index is 0.0395. The van der Waals surface area contributed by atoms with Gasteiger partial charge in [-0.05, 0) is 141 Å². The Balaban J connectivity index is 4.04. The van der Waals surface area contributed by atoms with Crippen molar-refractivity contribution in [3.63, 3.8) is 0 Å². The van der Waals surface area contributed by atoms with E-state index in [0.717, 1.165) is 141 Å². The number of phosphoric acid groups is 1. The summed E-state index contributed by atoms with van der Waals surface area (Å²) in [6, 6.07) is 0. The smallest absolute Gasteiger partial charge is 0.462 e. The Morgan fingerprint density at radius 1 is 0.348 bits per heavy atom. The first-order valence-corrected chi connectivity index (χ1v) is 36.8. The number of rotatable bonds is 64. The standard InChI is InChI=1S/C79H128NO8P/c1-3-5-7-9-11-13-15-17-19-21-23-25-27-29-31-32-33-34-35-36-37-38-39-40-41-42-43-44-46-48-50-52-54-56-58-60-62-64-66-68-70-72-79(82)88-77(76-87-89(83,84)86-74-73-80)75-85-78(81)71-69-67-65-63-61-59-57-55-53-51-49-47-45-30-28-26-24-22-20-18-16-14-12-10-8-6-4-2/h5,7,11,13,16-19,22-25,28-31,33-34,36-37,39-40,42-43,46,48,52,54,58,60,77H,3-4,6,8-10,12,14-15,20-21,26-27,32,35,38,41,44-45,47,49-51,53,55-57,59,61-76,80H2,1-2H3,(H,83,84)/b7-5-,13-11-,18-16-,19-17-,24-22-,25-23-,30-28-,31-29-,34-33-,37-36-,40-39-,43-42-,48-46-,54-52-,60-58-. The van der Waals surface area contributed by atoms with Crippen molar-refractivity contribution in [3.05, 3.63) is 182 Å². The Morgan fingerprint density at radius 3 is 0.921 bits per heavy atom. The molecule has 10 heteroatoms. The van der Waals surface area contributed by atoms with Crippen LogP contribution in [0.1, 0.15) is 271 Å². The average molecular weight is 1250 g/mol. The average Bonchev–Trinajstić information content (AvgIpc) is 3.58. The Bertz CT molecular complexity index is 2110. The molecule has 0 spiro atoms. The van der Waals surface area contributed by atoms with Gasteiger partial charge in [-0.15, -0.1) is 0 Å². The van der Waals surface area contributed by atoms with Crippen LogP contribution in [0.2, 0.25) is 0 Å². The zero-order valence-corrected chi connectivity index (χ0v) is 57.2. The van der Waals surface area contributed by atoms with Gasteiger partial charge in [0.05, 0.1) is 13.2 Å². The fourth-order valence-electron chi connectivity index (χ4n) is 9.10. The van der Waals surface area contributed by atoms with Crippen LogP contribution >= 0.6 is 7.82 Å². The maximum Gasteiger partial charge on any atom is 0.472 e. The molecule has 9 nitrogen and oxygen atoms in total. The minimum Gasteiger partial charge on any atom is -0.462 e. The molecule has 0 amide bonds. The molecule has 89 heavy (non-hydrogen) atoms. The second kappa shape index (κ2) is 72.2. The molecule has 0 aliphatic rings. The quantitative estimate of drug-likeness (QED) is 0.0264. The summed E-state index contributed by atoms with van der Waals surface area (Å²) >= 11 is 0. The number of ether oxygens (including phenoxy) is 2. The fraction of sp³-hybridized carbons (Fsp3) is 0.595. The second-order valence-electron chi connectivity index (χ2n) is 22.7. The molecule has 0 aliphatic heterocycles. The van der Waals surface area contributed by atoms with Gasteiger partial charge in [0.15, 0.2) is 6.10 Å². The van der Waals surface area contributed by atoms with Gasteiger partial charge in [0.25, 0.3) is 0 Å². The van der Waals surface area contributed by atoms with Gasteiger partial charge in [0.1, 0.15) is 6.61 Å². The summed E-state index contributed by atoms with van der Waals surface area (Å²) in [6.45, 7) is 3.58. The number of unbranched alkanes of at least 4 members (excludes halogenated alkanes) is 21. The molecule has 502 valence electrons. The van der Waals surface area contributed by atoms with Crippen molar-refractivity contribution in [1.29, 1.82) is 0 Å². The maximum absolute atomic E-state index is 12.8. The third-order valence-electron chi connectivity index (χ3n) is 14.3. The molecule has 2 unspecified atom stereocenters. The zero-order valence-electron chi connectivity index (χ0n) is 56.3. The Kier molecular flexibility index (Phi) is 68.2. The number of allylic oxidation sites excluding steroid dienone is 30. The van der Waals surface area contributed by atoms with Crippen molar-refractivity contribution in [1.82, 2.24) is 0 Å². The van der Waals surface area contributed by atoms with E-state index in [1.807, 2.05) is 0 Å². The van der Waals surface area contributed by atoms with E-state index in [4.69, 9.17) is 24.3 Å². The van der Waals surface area contributed by atoms with Crippen LogP contribution in [0, 0.1) is 0 Å². The van der Waals surface area contributed by atoms with Crippen molar-refractivity contribution in [3.8, 4) is 0 Å². The zero-order chi connectivity index (χ0) is 64.4. The minimum atomic E-state index is -4.41. The number of carbonyl (C=O) groups excluding carboxylic acids is 2. The summed E-state index contributed by atoms with van der Waals surface area (Å²) in [6.07, 6.45) is 108. The number of esters is 2. The van der Waals surface area contributed by atoms with Crippen molar-refractivity contribution in [2.45, 2.75) is 277 Å².